The van der Waals surface area contributed by atoms with E-state index in [1.165, 1.54) is 0 Å². The van der Waals surface area contributed by atoms with E-state index in [2.05, 4.69) is 22.5 Å². The molecule has 0 aliphatic rings. The summed E-state index contributed by atoms with van der Waals surface area (Å²) in [5.74, 6) is 0.640. The van der Waals surface area contributed by atoms with Crippen LogP contribution in [-0.2, 0) is 4.74 Å². The Bertz CT molecular complexity index is 421. The number of nitrogens with one attached hydrogen (secondary N) is 2. The molecule has 0 fully saturated rings. The van der Waals surface area contributed by atoms with Crippen LogP contribution in [-0.4, -0.2) is 37.2 Å². The standard InChI is InChI=1S/C14H23N3O2/c1-5-6-15-13-8-12(7-10(2)16-13)14(18)17-11(3)9-19-4/h7-8,11H,5-6,9H2,1-4H3,(H,15,16)(H,17,18). The van der Waals surface area contributed by atoms with Crippen LogP contribution in [0.15, 0.2) is 12.1 Å². The summed E-state index contributed by atoms with van der Waals surface area (Å²) in [6.07, 6.45) is 1.02. The van der Waals surface area contributed by atoms with Crippen molar-refractivity contribution in [3.05, 3.63) is 23.4 Å². The number of amides is 1. The van der Waals surface area contributed by atoms with Gasteiger partial charge in [-0.2, -0.15) is 0 Å². The van der Waals surface area contributed by atoms with Crippen LogP contribution in [0.2, 0.25) is 0 Å². The number of aromatic nitrogens is 1. The van der Waals surface area contributed by atoms with Crippen LogP contribution in [0.3, 0.4) is 0 Å². The third-order valence-corrected chi connectivity index (χ3v) is 2.57. The van der Waals surface area contributed by atoms with Crippen LogP contribution in [0.1, 0.15) is 36.3 Å². The lowest BCUT2D eigenvalue weighted by Crippen LogP contribution is -2.35. The molecule has 1 amide bonds. The number of anilines is 1. The zero-order valence-electron chi connectivity index (χ0n) is 12.1. The number of pyridine rings is 1. The molecule has 0 radical (unpaired) electrons. The molecule has 0 bridgehead atoms. The van der Waals surface area contributed by atoms with Crippen LogP contribution in [0.5, 0.6) is 0 Å². The summed E-state index contributed by atoms with van der Waals surface area (Å²) in [4.78, 5) is 16.4. The molecule has 5 nitrogen and oxygen atoms in total. The van der Waals surface area contributed by atoms with Crippen LogP contribution in [0, 0.1) is 6.92 Å². The summed E-state index contributed by atoms with van der Waals surface area (Å²) in [5, 5.41) is 6.08. The minimum absolute atomic E-state index is 0.0157. The van der Waals surface area contributed by atoms with Gasteiger partial charge in [-0.15, -0.1) is 0 Å². The molecule has 106 valence electrons. The monoisotopic (exact) mass is 265 g/mol. The quantitative estimate of drug-likeness (QED) is 0.791. The number of rotatable bonds is 7. The topological polar surface area (TPSA) is 63.2 Å². The third kappa shape index (κ3) is 5.26. The maximum absolute atomic E-state index is 12.1. The first-order valence-electron chi connectivity index (χ1n) is 6.59. The van der Waals surface area contributed by atoms with Gasteiger partial charge in [0.1, 0.15) is 5.82 Å². The van der Waals surface area contributed by atoms with Gasteiger partial charge in [-0.1, -0.05) is 6.92 Å². The number of aryl methyl sites for hydroxylation is 1. The molecule has 19 heavy (non-hydrogen) atoms. The molecule has 1 aromatic rings. The number of hydrogen-bond donors (Lipinski definition) is 2. The maximum Gasteiger partial charge on any atom is 0.251 e. The summed E-state index contributed by atoms with van der Waals surface area (Å²) in [6, 6.07) is 3.54. The first-order chi connectivity index (χ1) is 9.06. The zero-order valence-corrected chi connectivity index (χ0v) is 12.1. The van der Waals surface area contributed by atoms with E-state index in [1.807, 2.05) is 13.8 Å². The van der Waals surface area contributed by atoms with Crippen LogP contribution in [0.4, 0.5) is 5.82 Å². The average Bonchev–Trinajstić information content (AvgIpc) is 2.36. The fraction of sp³-hybridized carbons (Fsp3) is 0.571. The van der Waals surface area contributed by atoms with E-state index in [-0.39, 0.29) is 11.9 Å². The van der Waals surface area contributed by atoms with Crippen molar-refractivity contribution in [3.8, 4) is 0 Å². The fourth-order valence-electron chi connectivity index (χ4n) is 1.74. The number of nitrogens with zero attached hydrogens (tertiary/aromatic N) is 1. The van der Waals surface area contributed by atoms with Crippen molar-refractivity contribution in [1.29, 1.82) is 0 Å². The van der Waals surface area contributed by atoms with Gasteiger partial charge < -0.3 is 15.4 Å². The highest BCUT2D eigenvalue weighted by molar-refractivity contribution is 5.95. The van der Waals surface area contributed by atoms with Crippen LogP contribution >= 0.6 is 0 Å². The SMILES string of the molecule is CCCNc1cc(C(=O)NC(C)COC)cc(C)n1. The van der Waals surface area contributed by atoms with Gasteiger partial charge >= 0.3 is 0 Å². The number of ether oxygens (including phenoxy) is 1. The Morgan fingerprint density at radius 1 is 1.47 bits per heavy atom. The van der Waals surface area contributed by atoms with Crippen LogP contribution < -0.4 is 10.6 Å². The number of carbonyl (C=O) groups is 1. The molecule has 2 N–H and O–H groups in total. The average molecular weight is 265 g/mol. The Morgan fingerprint density at radius 3 is 2.84 bits per heavy atom. The van der Waals surface area contributed by atoms with E-state index >= 15 is 0 Å². The highest BCUT2D eigenvalue weighted by atomic mass is 16.5. The van der Waals surface area contributed by atoms with Gasteiger partial charge in [-0.25, -0.2) is 4.98 Å². The van der Waals surface area contributed by atoms with Gasteiger partial charge in [0.25, 0.3) is 5.91 Å². The summed E-state index contributed by atoms with van der Waals surface area (Å²) in [7, 11) is 1.62. The molecule has 1 atom stereocenters. The van der Waals surface area contributed by atoms with Crippen molar-refractivity contribution in [2.75, 3.05) is 25.6 Å². The van der Waals surface area contributed by atoms with Gasteiger partial charge in [-0.3, -0.25) is 4.79 Å². The fourth-order valence-corrected chi connectivity index (χ4v) is 1.74. The normalized spacial score (nSPS) is 12.0. The molecule has 5 heteroatoms. The molecule has 1 unspecified atom stereocenters. The Balaban J connectivity index is 2.75. The lowest BCUT2D eigenvalue weighted by atomic mass is 10.2. The first-order valence-corrected chi connectivity index (χ1v) is 6.59. The van der Waals surface area contributed by atoms with E-state index in [0.717, 1.165) is 24.5 Å². The predicted molar refractivity (Wildman–Crippen MR) is 76.6 cm³/mol. The lowest BCUT2D eigenvalue weighted by Gasteiger charge is -2.14. The molecular weight excluding hydrogens is 242 g/mol. The summed E-state index contributed by atoms with van der Waals surface area (Å²) in [6.45, 7) is 7.22. The Labute approximate surface area is 114 Å². The van der Waals surface area contributed by atoms with Crippen LogP contribution in [0.25, 0.3) is 0 Å². The smallest absolute Gasteiger partial charge is 0.251 e. The number of methoxy groups -OCH3 is 1. The van der Waals surface area contributed by atoms with Gasteiger partial charge in [-0.05, 0) is 32.4 Å². The van der Waals surface area contributed by atoms with E-state index < -0.39 is 0 Å². The van der Waals surface area contributed by atoms with Gasteiger partial charge in [0.05, 0.1) is 6.61 Å². The Morgan fingerprint density at radius 2 is 2.21 bits per heavy atom. The van der Waals surface area contributed by atoms with Crippen molar-refractivity contribution in [2.45, 2.75) is 33.2 Å². The molecule has 0 saturated heterocycles. The number of hydrogen-bond acceptors (Lipinski definition) is 4. The minimum atomic E-state index is -0.102. The van der Waals surface area contributed by atoms with Gasteiger partial charge in [0.15, 0.2) is 0 Å². The highest BCUT2D eigenvalue weighted by Gasteiger charge is 2.11. The second-order valence-corrected chi connectivity index (χ2v) is 4.64. The molecule has 0 aliphatic carbocycles. The lowest BCUT2D eigenvalue weighted by molar-refractivity contribution is 0.0905. The predicted octanol–water partition coefficient (Wildman–Crippen LogP) is 1.98. The Hall–Kier alpha value is -1.62. The van der Waals surface area contributed by atoms with E-state index in [9.17, 15) is 4.79 Å². The molecule has 0 saturated carbocycles. The van der Waals surface area contributed by atoms with Crippen molar-refractivity contribution >= 4 is 11.7 Å². The van der Waals surface area contributed by atoms with Gasteiger partial charge in [0.2, 0.25) is 0 Å². The zero-order chi connectivity index (χ0) is 14.3. The van der Waals surface area contributed by atoms with E-state index in [4.69, 9.17) is 4.74 Å². The summed E-state index contributed by atoms with van der Waals surface area (Å²) >= 11 is 0. The van der Waals surface area contributed by atoms with E-state index in [0.29, 0.717) is 12.2 Å². The van der Waals surface area contributed by atoms with Crippen molar-refractivity contribution in [3.63, 3.8) is 0 Å². The molecule has 1 rings (SSSR count). The van der Waals surface area contributed by atoms with E-state index in [1.54, 1.807) is 19.2 Å². The molecule has 1 aromatic heterocycles. The second kappa shape index (κ2) is 7.74. The molecule has 0 spiro atoms. The molecular formula is C14H23N3O2. The second-order valence-electron chi connectivity index (χ2n) is 4.64. The summed E-state index contributed by atoms with van der Waals surface area (Å²) in [5.41, 5.74) is 1.44. The molecule has 1 heterocycles. The largest absolute Gasteiger partial charge is 0.383 e. The number of carbonyl (C=O) groups excluding carboxylic acids is 1. The van der Waals surface area contributed by atoms with Crippen molar-refractivity contribution in [1.82, 2.24) is 10.3 Å². The van der Waals surface area contributed by atoms with Crippen molar-refractivity contribution < 1.29 is 9.53 Å². The third-order valence-electron chi connectivity index (χ3n) is 2.57. The minimum Gasteiger partial charge on any atom is -0.383 e. The highest BCUT2D eigenvalue weighted by Crippen LogP contribution is 2.10. The maximum atomic E-state index is 12.1. The van der Waals surface area contributed by atoms with Crippen molar-refractivity contribution in [2.24, 2.45) is 0 Å². The van der Waals surface area contributed by atoms with Gasteiger partial charge in [0, 0.05) is 31.0 Å². The molecule has 0 aromatic carbocycles. The summed E-state index contributed by atoms with van der Waals surface area (Å²) < 4.78 is 5.00. The first kappa shape index (κ1) is 15.4. The molecule has 0 aliphatic heterocycles. The Kier molecular flexibility index (Phi) is 6.29.